The lowest BCUT2D eigenvalue weighted by Crippen LogP contribution is -2.14. The Hall–Kier alpha value is -6.97. The summed E-state index contributed by atoms with van der Waals surface area (Å²) < 4.78 is 0. The average molecular weight is 704 g/mol. The van der Waals surface area contributed by atoms with Crippen molar-refractivity contribution in [3.8, 4) is 78.7 Å². The zero-order chi connectivity index (χ0) is 36.9. The van der Waals surface area contributed by atoms with Crippen LogP contribution in [0.25, 0.3) is 89.4 Å². The summed E-state index contributed by atoms with van der Waals surface area (Å²) in [5.74, 6) is 1.91. The van der Waals surface area contributed by atoms with Gasteiger partial charge in [0, 0.05) is 22.1 Å². The first-order valence-corrected chi connectivity index (χ1v) is 18.9. The van der Waals surface area contributed by atoms with E-state index >= 15 is 0 Å². The highest BCUT2D eigenvalue weighted by atomic mass is 15.0. The van der Waals surface area contributed by atoms with Crippen LogP contribution in [0.3, 0.4) is 0 Å². The smallest absolute Gasteiger partial charge is 0.164 e. The second-order valence-corrected chi connectivity index (χ2v) is 14.8. The summed E-state index contributed by atoms with van der Waals surface area (Å²) in [5.41, 5.74) is 15.0. The Kier molecular flexibility index (Phi) is 7.81. The lowest BCUT2D eigenvalue weighted by molar-refractivity contribution is 0.660. The molecule has 0 radical (unpaired) electrons. The molecule has 1 heterocycles. The van der Waals surface area contributed by atoms with Crippen LogP contribution < -0.4 is 0 Å². The molecule has 9 aromatic rings. The van der Waals surface area contributed by atoms with Crippen LogP contribution in [0.5, 0.6) is 0 Å². The maximum atomic E-state index is 5.24. The van der Waals surface area contributed by atoms with Gasteiger partial charge in [-0.1, -0.05) is 190 Å². The van der Waals surface area contributed by atoms with Crippen molar-refractivity contribution in [2.75, 3.05) is 0 Å². The summed E-state index contributed by atoms with van der Waals surface area (Å²) in [4.78, 5) is 15.7. The second kappa shape index (κ2) is 13.2. The van der Waals surface area contributed by atoms with Crippen molar-refractivity contribution in [3.05, 3.63) is 199 Å². The van der Waals surface area contributed by atoms with Crippen LogP contribution >= 0.6 is 0 Å². The number of fused-ring (bicyclic) bond motifs is 4. The van der Waals surface area contributed by atoms with Gasteiger partial charge in [0.25, 0.3) is 0 Å². The maximum absolute atomic E-state index is 5.24. The predicted octanol–water partition coefficient (Wildman–Crippen LogP) is 13.3. The summed E-state index contributed by atoms with van der Waals surface area (Å²) in [6.45, 7) is 4.67. The van der Waals surface area contributed by atoms with Crippen LogP contribution in [-0.2, 0) is 5.41 Å². The van der Waals surface area contributed by atoms with Gasteiger partial charge in [-0.05, 0) is 78.5 Å². The van der Waals surface area contributed by atoms with Gasteiger partial charge < -0.3 is 0 Å². The summed E-state index contributed by atoms with van der Waals surface area (Å²) in [6, 6.07) is 66.6. The summed E-state index contributed by atoms with van der Waals surface area (Å²) in [6.07, 6.45) is 0. The molecule has 260 valence electrons. The van der Waals surface area contributed by atoms with E-state index in [1.807, 2.05) is 12.1 Å². The van der Waals surface area contributed by atoms with Crippen molar-refractivity contribution >= 4 is 10.8 Å². The highest BCUT2D eigenvalue weighted by Crippen LogP contribution is 2.52. The number of nitrogens with zero attached hydrogens (tertiary/aromatic N) is 3. The van der Waals surface area contributed by atoms with Gasteiger partial charge >= 0.3 is 0 Å². The van der Waals surface area contributed by atoms with Crippen LogP contribution in [0.15, 0.2) is 188 Å². The van der Waals surface area contributed by atoms with Gasteiger partial charge in [0.2, 0.25) is 0 Å². The van der Waals surface area contributed by atoms with E-state index in [0.29, 0.717) is 17.5 Å². The Balaban J connectivity index is 1.15. The van der Waals surface area contributed by atoms with Crippen molar-refractivity contribution < 1.29 is 0 Å². The highest BCUT2D eigenvalue weighted by molar-refractivity contribution is 5.97. The van der Waals surface area contributed by atoms with E-state index < -0.39 is 0 Å². The lowest BCUT2D eigenvalue weighted by Gasteiger charge is -2.21. The van der Waals surface area contributed by atoms with Gasteiger partial charge in [-0.15, -0.1) is 0 Å². The number of aromatic nitrogens is 3. The predicted molar refractivity (Wildman–Crippen MR) is 228 cm³/mol. The van der Waals surface area contributed by atoms with Crippen molar-refractivity contribution in [1.82, 2.24) is 15.0 Å². The third-order valence-electron chi connectivity index (χ3n) is 11.2. The molecule has 0 N–H and O–H groups in total. The minimum absolute atomic E-state index is 0.0572. The van der Waals surface area contributed by atoms with Gasteiger partial charge in [-0.25, -0.2) is 15.0 Å². The molecule has 1 aliphatic carbocycles. The van der Waals surface area contributed by atoms with Crippen molar-refractivity contribution in [3.63, 3.8) is 0 Å². The van der Waals surface area contributed by atoms with Gasteiger partial charge in [0.15, 0.2) is 17.5 Å². The van der Waals surface area contributed by atoms with Gasteiger partial charge in [0.1, 0.15) is 0 Å². The number of hydrogen-bond acceptors (Lipinski definition) is 3. The van der Waals surface area contributed by atoms with E-state index in [9.17, 15) is 0 Å². The molecular weight excluding hydrogens is 667 g/mol. The number of benzene rings is 8. The van der Waals surface area contributed by atoms with Crippen LogP contribution in [0, 0.1) is 0 Å². The van der Waals surface area contributed by atoms with Crippen molar-refractivity contribution in [2.24, 2.45) is 0 Å². The largest absolute Gasteiger partial charge is 0.208 e. The Morgan fingerprint density at radius 2 is 0.764 bits per heavy atom. The standard InChI is InChI=1S/C52H37N3/c1-52(2)46-26-14-13-24-45(46)48-42(25-15-27-47(48)52)37-30-28-34-29-31-38(33-39(34)32-37)49-53-50(43-22-11-9-20-40(43)35-16-5-3-6-17-35)55-51(54-49)44-23-12-10-21-41(44)36-18-7-4-8-19-36/h3-33H,1-2H3. The van der Waals surface area contributed by atoms with Gasteiger partial charge in [0.05, 0.1) is 0 Å². The van der Waals surface area contributed by atoms with E-state index in [-0.39, 0.29) is 5.41 Å². The fourth-order valence-electron chi connectivity index (χ4n) is 8.39. The molecule has 8 aromatic carbocycles. The molecule has 0 atom stereocenters. The molecule has 3 heteroatoms. The minimum atomic E-state index is -0.0572. The SMILES string of the molecule is CC1(C)c2ccccc2-c2c(-c3ccc4ccc(-c5nc(-c6ccccc6-c6ccccc6)nc(-c6ccccc6-c6ccccc6)n5)cc4c3)cccc21. The summed E-state index contributed by atoms with van der Waals surface area (Å²) in [7, 11) is 0. The topological polar surface area (TPSA) is 38.7 Å². The molecule has 0 saturated carbocycles. The second-order valence-electron chi connectivity index (χ2n) is 14.8. The summed E-state index contributed by atoms with van der Waals surface area (Å²) in [5, 5.41) is 2.30. The summed E-state index contributed by atoms with van der Waals surface area (Å²) >= 11 is 0. The first-order valence-electron chi connectivity index (χ1n) is 18.9. The minimum Gasteiger partial charge on any atom is -0.208 e. The third kappa shape index (κ3) is 5.64. The Bertz CT molecular complexity index is 2790. The van der Waals surface area contributed by atoms with E-state index in [1.54, 1.807) is 0 Å². The normalized spacial score (nSPS) is 12.7. The number of rotatable bonds is 6. The molecule has 0 amide bonds. The molecule has 0 saturated heterocycles. The average Bonchev–Trinajstić information content (AvgIpc) is 3.49. The molecule has 0 fully saturated rings. The quantitative estimate of drug-likeness (QED) is 0.173. The van der Waals surface area contributed by atoms with Gasteiger partial charge in [-0.3, -0.25) is 0 Å². The van der Waals surface area contributed by atoms with E-state index in [0.717, 1.165) is 44.3 Å². The van der Waals surface area contributed by atoms with E-state index in [1.165, 1.54) is 38.8 Å². The first-order chi connectivity index (χ1) is 27.0. The van der Waals surface area contributed by atoms with Crippen molar-refractivity contribution in [1.29, 1.82) is 0 Å². The number of hydrogen-bond donors (Lipinski definition) is 0. The molecule has 0 spiro atoms. The molecule has 0 unspecified atom stereocenters. The van der Waals surface area contributed by atoms with Crippen LogP contribution in [-0.4, -0.2) is 15.0 Å². The molecule has 1 aliphatic rings. The van der Waals surface area contributed by atoms with Gasteiger partial charge in [-0.2, -0.15) is 0 Å². The van der Waals surface area contributed by atoms with E-state index in [4.69, 9.17) is 15.0 Å². The third-order valence-corrected chi connectivity index (χ3v) is 11.2. The molecular formula is C52H37N3. The van der Waals surface area contributed by atoms with Crippen molar-refractivity contribution in [2.45, 2.75) is 19.3 Å². The molecule has 0 bridgehead atoms. The Morgan fingerprint density at radius 1 is 0.309 bits per heavy atom. The molecule has 0 aliphatic heterocycles. The Labute approximate surface area is 321 Å². The van der Waals surface area contributed by atoms with Crippen LogP contribution in [0.1, 0.15) is 25.0 Å². The highest BCUT2D eigenvalue weighted by Gasteiger charge is 2.36. The maximum Gasteiger partial charge on any atom is 0.164 e. The molecule has 1 aromatic heterocycles. The fraction of sp³-hybridized carbons (Fsp3) is 0.0577. The molecule has 10 rings (SSSR count). The zero-order valence-electron chi connectivity index (χ0n) is 30.7. The Morgan fingerprint density at radius 3 is 1.38 bits per heavy atom. The van der Waals surface area contributed by atoms with Crippen LogP contribution in [0.4, 0.5) is 0 Å². The fourth-order valence-corrected chi connectivity index (χ4v) is 8.39. The lowest BCUT2D eigenvalue weighted by atomic mass is 9.82. The van der Waals surface area contributed by atoms with E-state index in [2.05, 4.69) is 190 Å². The van der Waals surface area contributed by atoms with Crippen LogP contribution in [0.2, 0.25) is 0 Å². The first kappa shape index (κ1) is 32.7. The monoisotopic (exact) mass is 703 g/mol. The molecule has 55 heavy (non-hydrogen) atoms. The zero-order valence-corrected chi connectivity index (χ0v) is 30.7. The molecule has 3 nitrogen and oxygen atoms in total.